The summed E-state index contributed by atoms with van der Waals surface area (Å²) in [5.41, 5.74) is 0.831. The first kappa shape index (κ1) is 15.2. The lowest BCUT2D eigenvalue weighted by Gasteiger charge is -2.09. The third-order valence-electron chi connectivity index (χ3n) is 3.04. The number of sulfone groups is 1. The van der Waals surface area contributed by atoms with Gasteiger partial charge in [-0.3, -0.25) is 0 Å². The minimum atomic E-state index is -3.68. The Balaban J connectivity index is 2.47. The Morgan fingerprint density at radius 1 is 1.33 bits per heavy atom. The van der Waals surface area contributed by atoms with Gasteiger partial charge in [0.15, 0.2) is 9.84 Å². The van der Waals surface area contributed by atoms with Crippen molar-refractivity contribution in [1.82, 2.24) is 5.16 Å². The summed E-state index contributed by atoms with van der Waals surface area (Å²) in [5.74, 6) is -0.956. The van der Waals surface area contributed by atoms with E-state index in [0.29, 0.717) is 23.4 Å². The second kappa shape index (κ2) is 5.69. The van der Waals surface area contributed by atoms with Gasteiger partial charge in [0.25, 0.3) is 0 Å². The number of aromatic carboxylic acids is 1. The highest BCUT2D eigenvalue weighted by Crippen LogP contribution is 2.23. The molecule has 21 heavy (non-hydrogen) atoms. The maximum atomic E-state index is 12.5. The number of carboxylic acid groups (broad SMARTS) is 1. The third kappa shape index (κ3) is 3.30. The zero-order valence-electron chi connectivity index (χ0n) is 11.7. The molecule has 0 saturated heterocycles. The molecule has 0 fully saturated rings. The van der Waals surface area contributed by atoms with Crippen LogP contribution in [0.25, 0.3) is 0 Å². The van der Waals surface area contributed by atoms with Crippen LogP contribution in [-0.2, 0) is 22.0 Å². The minimum absolute atomic E-state index is 0.0329. The number of hydrogen-bond donors (Lipinski definition) is 1. The molecule has 2 aromatic rings. The van der Waals surface area contributed by atoms with Crippen molar-refractivity contribution in [2.24, 2.45) is 0 Å². The molecule has 6 nitrogen and oxygen atoms in total. The first-order valence-corrected chi connectivity index (χ1v) is 8.00. The van der Waals surface area contributed by atoms with E-state index >= 15 is 0 Å². The minimum Gasteiger partial charge on any atom is -0.478 e. The Hall–Kier alpha value is -2.15. The van der Waals surface area contributed by atoms with Crippen molar-refractivity contribution in [3.8, 4) is 0 Å². The van der Waals surface area contributed by atoms with Crippen LogP contribution in [-0.4, -0.2) is 24.7 Å². The first-order valence-electron chi connectivity index (χ1n) is 6.34. The number of rotatable bonds is 5. The van der Waals surface area contributed by atoms with Crippen LogP contribution in [0.3, 0.4) is 0 Å². The molecular formula is C14H15NO5S. The van der Waals surface area contributed by atoms with Crippen LogP contribution in [0.2, 0.25) is 0 Å². The Kier molecular flexibility index (Phi) is 4.13. The van der Waals surface area contributed by atoms with Gasteiger partial charge in [-0.25, -0.2) is 13.2 Å². The van der Waals surface area contributed by atoms with E-state index in [1.807, 2.05) is 6.92 Å². The van der Waals surface area contributed by atoms with E-state index in [2.05, 4.69) is 5.16 Å². The maximum absolute atomic E-state index is 12.5. The molecule has 0 radical (unpaired) electrons. The second-order valence-corrected chi connectivity index (χ2v) is 6.63. The fourth-order valence-electron chi connectivity index (χ4n) is 2.03. The molecule has 0 spiro atoms. The Morgan fingerprint density at radius 3 is 2.57 bits per heavy atom. The highest BCUT2D eigenvalue weighted by Gasteiger charge is 2.22. The molecule has 7 heteroatoms. The number of carbonyl (C=O) groups is 1. The zero-order chi connectivity index (χ0) is 15.6. The molecular weight excluding hydrogens is 294 g/mol. The maximum Gasteiger partial charge on any atom is 0.335 e. The van der Waals surface area contributed by atoms with Gasteiger partial charge in [0, 0.05) is 6.07 Å². The SMILES string of the molecule is CCc1ccc(C(=O)O)cc1S(=O)(=O)Cc1cc(C)on1. The molecule has 0 bridgehead atoms. The molecule has 0 saturated carbocycles. The van der Waals surface area contributed by atoms with E-state index in [1.165, 1.54) is 18.2 Å². The van der Waals surface area contributed by atoms with Gasteiger partial charge in [0.1, 0.15) is 11.5 Å². The molecule has 1 aromatic heterocycles. The van der Waals surface area contributed by atoms with Crippen molar-refractivity contribution in [2.75, 3.05) is 0 Å². The number of hydrogen-bond acceptors (Lipinski definition) is 5. The van der Waals surface area contributed by atoms with Crippen LogP contribution in [0.15, 0.2) is 33.7 Å². The van der Waals surface area contributed by atoms with Crippen LogP contribution in [0.1, 0.15) is 34.3 Å². The van der Waals surface area contributed by atoms with Crippen LogP contribution >= 0.6 is 0 Å². The van der Waals surface area contributed by atoms with Crippen molar-refractivity contribution < 1.29 is 22.8 Å². The molecule has 0 aliphatic heterocycles. The summed E-state index contributed by atoms with van der Waals surface area (Å²) in [6, 6.07) is 5.68. The highest BCUT2D eigenvalue weighted by molar-refractivity contribution is 7.90. The summed E-state index contributed by atoms with van der Waals surface area (Å²) in [6.45, 7) is 3.49. The topological polar surface area (TPSA) is 97.5 Å². The smallest absolute Gasteiger partial charge is 0.335 e. The van der Waals surface area contributed by atoms with Crippen molar-refractivity contribution >= 4 is 15.8 Å². The summed E-state index contributed by atoms with van der Waals surface area (Å²) >= 11 is 0. The van der Waals surface area contributed by atoms with Crippen LogP contribution in [0, 0.1) is 6.92 Å². The van der Waals surface area contributed by atoms with E-state index in [0.717, 1.165) is 0 Å². The van der Waals surface area contributed by atoms with Crippen molar-refractivity contribution in [1.29, 1.82) is 0 Å². The van der Waals surface area contributed by atoms with Gasteiger partial charge in [-0.2, -0.15) is 0 Å². The lowest BCUT2D eigenvalue weighted by atomic mass is 10.1. The summed E-state index contributed by atoms with van der Waals surface area (Å²) in [6.07, 6.45) is 0.492. The van der Waals surface area contributed by atoms with E-state index in [1.54, 1.807) is 13.0 Å². The fraction of sp³-hybridized carbons (Fsp3) is 0.286. The lowest BCUT2D eigenvalue weighted by Crippen LogP contribution is -2.10. The van der Waals surface area contributed by atoms with Crippen molar-refractivity contribution in [3.05, 3.63) is 46.8 Å². The Morgan fingerprint density at radius 2 is 2.05 bits per heavy atom. The van der Waals surface area contributed by atoms with Gasteiger partial charge in [0.2, 0.25) is 0 Å². The quantitative estimate of drug-likeness (QED) is 0.909. The zero-order valence-corrected chi connectivity index (χ0v) is 12.5. The van der Waals surface area contributed by atoms with Gasteiger partial charge in [-0.15, -0.1) is 0 Å². The standard InChI is InChI=1S/C14H15NO5S/c1-3-10-4-5-11(14(16)17)7-13(10)21(18,19)8-12-6-9(2)20-15-12/h4-7H,3,8H2,1-2H3,(H,16,17). The number of carboxylic acids is 1. The van der Waals surface area contributed by atoms with E-state index in [4.69, 9.17) is 9.63 Å². The van der Waals surface area contributed by atoms with Gasteiger partial charge < -0.3 is 9.63 Å². The van der Waals surface area contributed by atoms with E-state index < -0.39 is 15.8 Å². The number of aryl methyl sites for hydroxylation is 2. The molecule has 1 N–H and O–H groups in total. The van der Waals surface area contributed by atoms with Crippen molar-refractivity contribution in [3.63, 3.8) is 0 Å². The van der Waals surface area contributed by atoms with Gasteiger partial charge in [-0.1, -0.05) is 18.1 Å². The summed E-state index contributed by atoms with van der Waals surface area (Å²) in [7, 11) is -3.68. The normalized spacial score (nSPS) is 11.5. The number of benzene rings is 1. The van der Waals surface area contributed by atoms with Gasteiger partial charge >= 0.3 is 5.97 Å². The molecule has 0 aliphatic rings. The number of nitrogens with zero attached hydrogens (tertiary/aromatic N) is 1. The predicted molar refractivity (Wildman–Crippen MR) is 74.9 cm³/mol. The fourth-order valence-corrected chi connectivity index (χ4v) is 3.63. The summed E-state index contributed by atoms with van der Waals surface area (Å²) in [5, 5.41) is 12.7. The molecule has 112 valence electrons. The number of aromatic nitrogens is 1. The first-order chi connectivity index (χ1) is 9.83. The molecule has 1 heterocycles. The van der Waals surface area contributed by atoms with Crippen LogP contribution < -0.4 is 0 Å². The molecule has 0 aliphatic carbocycles. The van der Waals surface area contributed by atoms with Crippen LogP contribution in [0.4, 0.5) is 0 Å². The summed E-state index contributed by atoms with van der Waals surface area (Å²) in [4.78, 5) is 11.1. The molecule has 1 aromatic carbocycles. The Labute approximate surface area is 122 Å². The van der Waals surface area contributed by atoms with Gasteiger partial charge in [-0.05, 0) is 31.0 Å². The molecule has 0 atom stereocenters. The summed E-state index contributed by atoms with van der Waals surface area (Å²) < 4.78 is 29.8. The molecule has 2 rings (SSSR count). The molecule has 0 unspecified atom stereocenters. The highest BCUT2D eigenvalue weighted by atomic mass is 32.2. The second-order valence-electron chi connectivity index (χ2n) is 4.67. The van der Waals surface area contributed by atoms with Crippen LogP contribution in [0.5, 0.6) is 0 Å². The average molecular weight is 309 g/mol. The largest absolute Gasteiger partial charge is 0.478 e. The van der Waals surface area contributed by atoms with Gasteiger partial charge in [0.05, 0.1) is 16.2 Å². The third-order valence-corrected chi connectivity index (χ3v) is 4.77. The Bertz CT molecular complexity index is 776. The predicted octanol–water partition coefficient (Wildman–Crippen LogP) is 2.22. The lowest BCUT2D eigenvalue weighted by molar-refractivity contribution is 0.0696. The monoisotopic (exact) mass is 309 g/mol. The average Bonchev–Trinajstić information content (AvgIpc) is 2.82. The van der Waals surface area contributed by atoms with Crippen molar-refractivity contribution in [2.45, 2.75) is 30.9 Å². The van der Waals surface area contributed by atoms with E-state index in [-0.39, 0.29) is 16.2 Å². The molecule has 0 amide bonds. The van der Waals surface area contributed by atoms with E-state index in [9.17, 15) is 13.2 Å².